The third-order valence-corrected chi connectivity index (χ3v) is 3.53. The first kappa shape index (κ1) is 13.0. The summed E-state index contributed by atoms with van der Waals surface area (Å²) in [4.78, 5) is 14.4. The van der Waals surface area contributed by atoms with E-state index in [-0.39, 0.29) is 17.8 Å². The predicted octanol–water partition coefficient (Wildman–Crippen LogP) is 2.02. The van der Waals surface area contributed by atoms with Gasteiger partial charge in [0.15, 0.2) is 0 Å². The molecule has 1 aliphatic rings. The van der Waals surface area contributed by atoms with Crippen LogP contribution in [0.2, 0.25) is 0 Å². The fourth-order valence-corrected chi connectivity index (χ4v) is 2.57. The Labute approximate surface area is 111 Å². The number of carbonyl (C=O) groups is 1. The highest BCUT2D eigenvalue weighted by molar-refractivity contribution is 7.80. The van der Waals surface area contributed by atoms with Crippen molar-refractivity contribution in [2.24, 2.45) is 5.73 Å². The molecule has 1 aromatic carbocycles. The van der Waals surface area contributed by atoms with E-state index in [1.165, 1.54) is 18.2 Å². The first-order chi connectivity index (χ1) is 8.50. The van der Waals surface area contributed by atoms with Crippen LogP contribution in [0.25, 0.3) is 0 Å². The second-order valence-corrected chi connectivity index (χ2v) is 4.99. The molecule has 0 spiro atoms. The minimum absolute atomic E-state index is 0.122. The fourth-order valence-electron chi connectivity index (χ4n) is 2.33. The Hall–Kier alpha value is -1.49. The van der Waals surface area contributed by atoms with Crippen molar-refractivity contribution in [3.8, 4) is 0 Å². The number of likely N-dealkylation sites (tertiary alicyclic amines) is 1. The van der Waals surface area contributed by atoms with Gasteiger partial charge in [0.1, 0.15) is 5.82 Å². The normalized spacial score (nSPS) is 19.0. The third-order valence-electron chi connectivity index (χ3n) is 3.26. The van der Waals surface area contributed by atoms with Crippen molar-refractivity contribution in [3.63, 3.8) is 0 Å². The molecule has 2 N–H and O–H groups in total. The summed E-state index contributed by atoms with van der Waals surface area (Å²) in [6.45, 7) is 2.37. The van der Waals surface area contributed by atoms with Gasteiger partial charge in [-0.2, -0.15) is 0 Å². The van der Waals surface area contributed by atoms with Crippen LogP contribution in [0, 0.1) is 12.7 Å². The van der Waals surface area contributed by atoms with E-state index in [9.17, 15) is 9.18 Å². The largest absolute Gasteiger partial charge is 0.392 e. The van der Waals surface area contributed by atoms with Crippen LogP contribution >= 0.6 is 12.2 Å². The lowest BCUT2D eigenvalue weighted by molar-refractivity contribution is 0.0769. The second kappa shape index (κ2) is 5.02. The first-order valence-electron chi connectivity index (χ1n) is 5.87. The molecule has 1 saturated heterocycles. The van der Waals surface area contributed by atoms with Crippen LogP contribution in [0.5, 0.6) is 0 Å². The van der Waals surface area contributed by atoms with Gasteiger partial charge in [-0.05, 0) is 43.5 Å². The van der Waals surface area contributed by atoms with E-state index < -0.39 is 0 Å². The second-order valence-electron chi connectivity index (χ2n) is 4.52. The molecule has 96 valence electrons. The van der Waals surface area contributed by atoms with E-state index >= 15 is 0 Å². The van der Waals surface area contributed by atoms with Gasteiger partial charge in [0.05, 0.1) is 11.0 Å². The van der Waals surface area contributed by atoms with Gasteiger partial charge in [-0.25, -0.2) is 4.39 Å². The first-order valence-corrected chi connectivity index (χ1v) is 6.28. The Kier molecular flexibility index (Phi) is 3.61. The minimum Gasteiger partial charge on any atom is -0.392 e. The van der Waals surface area contributed by atoms with Gasteiger partial charge in [-0.15, -0.1) is 0 Å². The average Bonchev–Trinajstić information content (AvgIpc) is 2.77. The van der Waals surface area contributed by atoms with Crippen molar-refractivity contribution >= 4 is 23.1 Å². The van der Waals surface area contributed by atoms with E-state index in [2.05, 4.69) is 0 Å². The van der Waals surface area contributed by atoms with E-state index in [1.54, 1.807) is 11.8 Å². The molecule has 0 saturated carbocycles. The number of hydrogen-bond acceptors (Lipinski definition) is 2. The van der Waals surface area contributed by atoms with E-state index in [0.29, 0.717) is 22.7 Å². The number of carbonyl (C=O) groups excluding carboxylic acids is 1. The number of benzene rings is 1. The molecule has 3 nitrogen and oxygen atoms in total. The van der Waals surface area contributed by atoms with Crippen molar-refractivity contribution in [1.82, 2.24) is 4.90 Å². The maximum Gasteiger partial charge on any atom is 0.254 e. The molecule has 1 fully saturated rings. The van der Waals surface area contributed by atoms with Crippen LogP contribution in [0.4, 0.5) is 4.39 Å². The summed E-state index contributed by atoms with van der Waals surface area (Å²) in [7, 11) is 0. The smallest absolute Gasteiger partial charge is 0.254 e. The molecular weight excluding hydrogens is 251 g/mol. The highest BCUT2D eigenvalue weighted by Crippen LogP contribution is 2.22. The third kappa shape index (κ3) is 2.36. The number of aryl methyl sites for hydroxylation is 1. The van der Waals surface area contributed by atoms with Crippen molar-refractivity contribution in [2.45, 2.75) is 25.8 Å². The summed E-state index contributed by atoms with van der Waals surface area (Å²) >= 11 is 4.98. The Morgan fingerprint density at radius 3 is 2.89 bits per heavy atom. The van der Waals surface area contributed by atoms with Crippen LogP contribution < -0.4 is 5.73 Å². The Bertz CT molecular complexity index is 504. The Morgan fingerprint density at radius 1 is 1.56 bits per heavy atom. The van der Waals surface area contributed by atoms with Crippen molar-refractivity contribution in [3.05, 3.63) is 35.1 Å². The van der Waals surface area contributed by atoms with Crippen molar-refractivity contribution in [2.75, 3.05) is 6.54 Å². The Balaban J connectivity index is 2.28. The fraction of sp³-hybridized carbons (Fsp3) is 0.385. The van der Waals surface area contributed by atoms with Crippen molar-refractivity contribution in [1.29, 1.82) is 0 Å². The molecule has 1 aromatic rings. The summed E-state index contributed by atoms with van der Waals surface area (Å²) in [5.41, 5.74) is 6.79. The number of halogens is 1. The molecule has 5 heteroatoms. The maximum absolute atomic E-state index is 13.0. The number of nitrogens with two attached hydrogens (primary N) is 1. The van der Waals surface area contributed by atoms with E-state index in [4.69, 9.17) is 18.0 Å². The summed E-state index contributed by atoms with van der Waals surface area (Å²) in [6.07, 6.45) is 1.70. The molecule has 18 heavy (non-hydrogen) atoms. The summed E-state index contributed by atoms with van der Waals surface area (Å²) < 4.78 is 13.0. The van der Waals surface area contributed by atoms with Gasteiger partial charge in [0.2, 0.25) is 0 Å². The molecule has 0 aromatic heterocycles. The SMILES string of the molecule is Cc1cc(F)ccc1C(=O)N1CCCC1C(N)=S. The molecule has 0 radical (unpaired) electrons. The standard InChI is InChI=1S/C13H15FN2OS/c1-8-7-9(14)4-5-10(8)13(17)16-6-2-3-11(16)12(15)18/h4-5,7,11H,2-3,6H2,1H3,(H2,15,18). The Morgan fingerprint density at radius 2 is 2.28 bits per heavy atom. The van der Waals surface area contributed by atoms with E-state index in [0.717, 1.165) is 12.8 Å². The van der Waals surface area contributed by atoms with Gasteiger partial charge in [0.25, 0.3) is 5.91 Å². The molecule has 0 bridgehead atoms. The minimum atomic E-state index is -0.337. The maximum atomic E-state index is 13.0. The molecular formula is C13H15FN2OS. The average molecular weight is 266 g/mol. The summed E-state index contributed by atoms with van der Waals surface area (Å²) in [6, 6.07) is 4.00. The van der Waals surface area contributed by atoms with Crippen LogP contribution in [0.3, 0.4) is 0 Å². The molecule has 1 heterocycles. The topological polar surface area (TPSA) is 46.3 Å². The number of nitrogens with zero attached hydrogens (tertiary/aromatic N) is 1. The lowest BCUT2D eigenvalue weighted by Crippen LogP contribution is -2.43. The van der Waals surface area contributed by atoms with Gasteiger partial charge >= 0.3 is 0 Å². The lowest BCUT2D eigenvalue weighted by atomic mass is 10.1. The molecule has 1 amide bonds. The van der Waals surface area contributed by atoms with Crippen LogP contribution in [-0.2, 0) is 0 Å². The summed E-state index contributed by atoms with van der Waals surface area (Å²) in [5, 5.41) is 0. The van der Waals surface area contributed by atoms with Crippen LogP contribution in [0.15, 0.2) is 18.2 Å². The quantitative estimate of drug-likeness (QED) is 0.833. The highest BCUT2D eigenvalue weighted by atomic mass is 32.1. The molecule has 2 rings (SSSR count). The number of thiocarbonyl (C=S) groups is 1. The number of rotatable bonds is 2. The molecule has 1 aliphatic heterocycles. The molecule has 1 unspecified atom stereocenters. The van der Waals surface area contributed by atoms with Gasteiger partial charge in [0, 0.05) is 12.1 Å². The van der Waals surface area contributed by atoms with Gasteiger partial charge in [-0.1, -0.05) is 12.2 Å². The summed E-state index contributed by atoms with van der Waals surface area (Å²) in [5.74, 6) is -0.459. The predicted molar refractivity (Wildman–Crippen MR) is 72.0 cm³/mol. The molecule has 0 aliphatic carbocycles. The van der Waals surface area contributed by atoms with Gasteiger partial charge in [-0.3, -0.25) is 4.79 Å². The van der Waals surface area contributed by atoms with Crippen LogP contribution in [0.1, 0.15) is 28.8 Å². The van der Waals surface area contributed by atoms with E-state index in [1.807, 2.05) is 0 Å². The number of hydrogen-bond donors (Lipinski definition) is 1. The lowest BCUT2D eigenvalue weighted by Gasteiger charge is -2.24. The molecule has 1 atom stereocenters. The number of amides is 1. The van der Waals surface area contributed by atoms with Crippen molar-refractivity contribution < 1.29 is 9.18 Å². The zero-order chi connectivity index (χ0) is 13.3. The monoisotopic (exact) mass is 266 g/mol. The zero-order valence-electron chi connectivity index (χ0n) is 10.1. The van der Waals surface area contributed by atoms with Crippen LogP contribution in [-0.4, -0.2) is 28.4 Å². The zero-order valence-corrected chi connectivity index (χ0v) is 11.0. The van der Waals surface area contributed by atoms with Gasteiger partial charge < -0.3 is 10.6 Å². The highest BCUT2D eigenvalue weighted by Gasteiger charge is 2.31.